The third kappa shape index (κ3) is 4.07. The average Bonchev–Trinajstić information content (AvgIpc) is 2.62. The van der Waals surface area contributed by atoms with Crippen LogP contribution in [0.15, 0.2) is 51.7 Å². The number of nitrogens with one attached hydrogen (secondary N) is 1. The van der Waals surface area contributed by atoms with Crippen LogP contribution in [0.5, 0.6) is 0 Å². The van der Waals surface area contributed by atoms with E-state index >= 15 is 0 Å². The summed E-state index contributed by atoms with van der Waals surface area (Å²) in [7, 11) is -3.47. The molecule has 8 heteroatoms. The first kappa shape index (κ1) is 19.6. The van der Waals surface area contributed by atoms with Crippen molar-refractivity contribution in [2.75, 3.05) is 11.0 Å². The molecule has 0 atom stereocenters. The number of fused-ring (bicyclic) bond motifs is 1. The van der Waals surface area contributed by atoms with Crippen molar-refractivity contribution in [3.63, 3.8) is 0 Å². The maximum absolute atomic E-state index is 13.0. The fourth-order valence-corrected chi connectivity index (χ4v) is 3.54. The second-order valence-electron chi connectivity index (χ2n) is 6.46. The fraction of sp³-hybridized carbons (Fsp3) is 0.200. The molecule has 0 amide bonds. The molecule has 0 saturated heterocycles. The van der Waals surface area contributed by atoms with Crippen molar-refractivity contribution in [1.82, 2.24) is 0 Å². The lowest BCUT2D eigenvalue weighted by molar-refractivity contribution is 0.0697. The van der Waals surface area contributed by atoms with Crippen molar-refractivity contribution in [2.45, 2.75) is 19.8 Å². The number of benzene rings is 2. The van der Waals surface area contributed by atoms with Crippen molar-refractivity contribution >= 4 is 32.6 Å². The van der Waals surface area contributed by atoms with Crippen molar-refractivity contribution in [2.24, 2.45) is 0 Å². The molecule has 0 unspecified atom stereocenters. The second-order valence-corrected chi connectivity index (χ2v) is 8.20. The van der Waals surface area contributed by atoms with Gasteiger partial charge in [-0.15, -0.1) is 0 Å². The highest BCUT2D eigenvalue weighted by atomic mass is 32.2. The lowest BCUT2D eigenvalue weighted by atomic mass is 10.0. The Morgan fingerprint density at radius 2 is 1.82 bits per heavy atom. The third-order valence-electron chi connectivity index (χ3n) is 4.18. The predicted molar refractivity (Wildman–Crippen MR) is 107 cm³/mol. The van der Waals surface area contributed by atoms with Gasteiger partial charge in [0.25, 0.3) is 0 Å². The molecular formula is C20H19NO6S. The summed E-state index contributed by atoms with van der Waals surface area (Å²) in [5.41, 5.74) is 1.55. The van der Waals surface area contributed by atoms with Crippen molar-refractivity contribution in [1.29, 1.82) is 0 Å². The summed E-state index contributed by atoms with van der Waals surface area (Å²) in [4.78, 5) is 24.1. The molecule has 3 rings (SSSR count). The molecule has 3 aromatic rings. The third-order valence-corrected chi connectivity index (χ3v) is 4.79. The van der Waals surface area contributed by atoms with Gasteiger partial charge >= 0.3 is 5.97 Å². The normalized spacial score (nSPS) is 11.5. The van der Waals surface area contributed by atoms with E-state index in [1.54, 1.807) is 12.1 Å². The molecule has 28 heavy (non-hydrogen) atoms. The Hall–Kier alpha value is -3.13. The molecule has 0 bridgehead atoms. The smallest absolute Gasteiger partial charge is 0.335 e. The average molecular weight is 401 g/mol. The number of anilines is 1. The van der Waals surface area contributed by atoms with Gasteiger partial charge in [-0.3, -0.25) is 9.52 Å². The van der Waals surface area contributed by atoms with E-state index in [0.29, 0.717) is 28.7 Å². The zero-order chi connectivity index (χ0) is 20.5. The number of carboxylic acids is 1. The topological polar surface area (TPSA) is 114 Å². The van der Waals surface area contributed by atoms with Crippen molar-refractivity contribution < 1.29 is 22.7 Å². The van der Waals surface area contributed by atoms with E-state index in [2.05, 4.69) is 4.72 Å². The molecule has 2 aromatic carbocycles. The summed E-state index contributed by atoms with van der Waals surface area (Å²) < 4.78 is 31.3. The fourth-order valence-electron chi connectivity index (χ4n) is 2.98. The Kier molecular flexibility index (Phi) is 5.24. The Labute approximate surface area is 161 Å². The van der Waals surface area contributed by atoms with Gasteiger partial charge in [-0.25, -0.2) is 13.2 Å². The highest BCUT2D eigenvalue weighted by Crippen LogP contribution is 2.28. The molecule has 1 heterocycles. The summed E-state index contributed by atoms with van der Waals surface area (Å²) in [6.07, 6.45) is 2.26. The number of aromatic carboxylic acids is 1. The van der Waals surface area contributed by atoms with Gasteiger partial charge in [0, 0.05) is 17.2 Å². The van der Waals surface area contributed by atoms with Crippen LogP contribution in [0.2, 0.25) is 0 Å². The number of carboxylic acid groups (broad SMARTS) is 1. The van der Waals surface area contributed by atoms with Crippen LogP contribution in [-0.4, -0.2) is 25.7 Å². The Morgan fingerprint density at radius 3 is 2.39 bits per heavy atom. The van der Waals surface area contributed by atoms with Crippen molar-refractivity contribution in [3.8, 4) is 11.3 Å². The molecule has 2 N–H and O–H groups in total. The molecule has 0 aliphatic rings. The minimum Gasteiger partial charge on any atom is -0.478 e. The summed E-state index contributed by atoms with van der Waals surface area (Å²) >= 11 is 0. The van der Waals surface area contributed by atoms with E-state index in [-0.39, 0.29) is 22.3 Å². The Balaban J connectivity index is 2.22. The standard InChI is InChI=1S/C20H19NO6S/c1-3-4-16-18(22)15-10-9-14(21-28(2,25)26)11-17(15)27-19(16)12-5-7-13(8-6-12)20(23)24/h5-11,21H,3-4H2,1-2H3,(H,23,24). The predicted octanol–water partition coefficient (Wildman–Crippen LogP) is 3.48. The van der Waals surface area contributed by atoms with Crippen LogP contribution >= 0.6 is 0 Å². The molecule has 7 nitrogen and oxygen atoms in total. The second kappa shape index (κ2) is 7.47. The molecule has 0 aliphatic carbocycles. The first-order valence-corrected chi connectivity index (χ1v) is 10.5. The van der Waals surface area contributed by atoms with Gasteiger partial charge in [-0.05, 0) is 30.7 Å². The van der Waals surface area contributed by atoms with Crippen LogP contribution in [0.4, 0.5) is 5.69 Å². The number of sulfonamides is 1. The van der Waals surface area contributed by atoms with Crippen LogP contribution in [0.25, 0.3) is 22.3 Å². The largest absolute Gasteiger partial charge is 0.478 e. The molecule has 0 radical (unpaired) electrons. The highest BCUT2D eigenvalue weighted by Gasteiger charge is 2.17. The molecule has 1 aromatic heterocycles. The van der Waals surface area contributed by atoms with E-state index in [4.69, 9.17) is 9.52 Å². The van der Waals surface area contributed by atoms with Gasteiger partial charge in [-0.1, -0.05) is 25.5 Å². The van der Waals surface area contributed by atoms with E-state index in [0.717, 1.165) is 12.7 Å². The summed E-state index contributed by atoms with van der Waals surface area (Å²) in [5.74, 6) is -0.690. The van der Waals surface area contributed by atoms with Crippen LogP contribution in [0, 0.1) is 0 Å². The minimum absolute atomic E-state index is 0.128. The maximum Gasteiger partial charge on any atom is 0.335 e. The molecule has 0 saturated carbocycles. The van der Waals surface area contributed by atoms with Gasteiger partial charge in [0.2, 0.25) is 10.0 Å². The summed E-state index contributed by atoms with van der Waals surface area (Å²) in [6.45, 7) is 1.94. The van der Waals surface area contributed by atoms with Crippen LogP contribution in [0.1, 0.15) is 29.3 Å². The number of rotatable bonds is 6. The van der Waals surface area contributed by atoms with Crippen LogP contribution in [-0.2, 0) is 16.4 Å². The monoisotopic (exact) mass is 401 g/mol. The molecule has 0 fully saturated rings. The van der Waals surface area contributed by atoms with Gasteiger partial charge in [0.15, 0.2) is 5.43 Å². The number of hydrogen-bond donors (Lipinski definition) is 2. The SMILES string of the molecule is CCCc1c(-c2ccc(C(=O)O)cc2)oc2cc(NS(C)(=O)=O)ccc2c1=O. The van der Waals surface area contributed by atoms with E-state index in [9.17, 15) is 18.0 Å². The molecule has 0 spiro atoms. The summed E-state index contributed by atoms with van der Waals surface area (Å²) in [5, 5.41) is 9.42. The van der Waals surface area contributed by atoms with Gasteiger partial charge in [0.05, 0.1) is 22.9 Å². The van der Waals surface area contributed by atoms with Crippen LogP contribution < -0.4 is 10.2 Å². The lowest BCUT2D eigenvalue weighted by Gasteiger charge is -2.11. The quantitative estimate of drug-likeness (QED) is 0.654. The molecule has 146 valence electrons. The van der Waals surface area contributed by atoms with E-state index < -0.39 is 16.0 Å². The maximum atomic E-state index is 13.0. The first-order chi connectivity index (χ1) is 13.2. The first-order valence-electron chi connectivity index (χ1n) is 8.61. The zero-order valence-corrected chi connectivity index (χ0v) is 16.2. The zero-order valence-electron chi connectivity index (χ0n) is 15.4. The van der Waals surface area contributed by atoms with Gasteiger partial charge < -0.3 is 9.52 Å². The van der Waals surface area contributed by atoms with E-state index in [1.807, 2.05) is 6.92 Å². The number of carbonyl (C=O) groups is 1. The lowest BCUT2D eigenvalue weighted by Crippen LogP contribution is -2.12. The van der Waals surface area contributed by atoms with Gasteiger partial charge in [0.1, 0.15) is 11.3 Å². The number of hydrogen-bond acceptors (Lipinski definition) is 5. The Morgan fingerprint density at radius 1 is 1.14 bits per heavy atom. The van der Waals surface area contributed by atoms with Crippen LogP contribution in [0.3, 0.4) is 0 Å². The molecular weight excluding hydrogens is 382 g/mol. The van der Waals surface area contributed by atoms with Gasteiger partial charge in [-0.2, -0.15) is 0 Å². The Bertz CT molecular complexity index is 1210. The van der Waals surface area contributed by atoms with Crippen molar-refractivity contribution in [3.05, 3.63) is 63.8 Å². The summed E-state index contributed by atoms with van der Waals surface area (Å²) in [6, 6.07) is 10.6. The molecule has 0 aliphatic heterocycles. The highest BCUT2D eigenvalue weighted by molar-refractivity contribution is 7.92. The van der Waals surface area contributed by atoms with E-state index in [1.165, 1.54) is 30.3 Å². The minimum atomic E-state index is -3.47.